The van der Waals surface area contributed by atoms with Gasteiger partial charge in [-0.2, -0.15) is 0 Å². The Morgan fingerprint density at radius 2 is 2.08 bits per heavy atom. The molecule has 0 aromatic heterocycles. The Balaban J connectivity index is 1.47. The molecular formula is C11H19NO. The van der Waals surface area contributed by atoms with Crippen LogP contribution in [0.4, 0.5) is 0 Å². The summed E-state index contributed by atoms with van der Waals surface area (Å²) in [7, 11) is 0. The van der Waals surface area contributed by atoms with Crippen LogP contribution in [0.5, 0.6) is 0 Å². The van der Waals surface area contributed by atoms with E-state index in [1.165, 1.54) is 26.1 Å². The molecule has 2 aliphatic heterocycles. The van der Waals surface area contributed by atoms with Crippen molar-refractivity contribution in [2.75, 3.05) is 32.8 Å². The Kier molecular flexibility index (Phi) is 1.88. The van der Waals surface area contributed by atoms with Crippen molar-refractivity contribution in [1.82, 2.24) is 4.90 Å². The number of rotatable bonds is 2. The van der Waals surface area contributed by atoms with Gasteiger partial charge in [0.05, 0.1) is 6.61 Å². The molecule has 3 unspecified atom stereocenters. The first-order valence-corrected chi connectivity index (χ1v) is 5.64. The second-order valence-corrected chi connectivity index (χ2v) is 5.13. The molecule has 2 heterocycles. The highest BCUT2D eigenvalue weighted by Crippen LogP contribution is 2.51. The standard InChI is InChI=1S/C11H19NO/c1-8-10-5-12(6-11(8)10)4-9-2-3-13-7-9/h8-11H,2-7H2,1H3. The minimum Gasteiger partial charge on any atom is -0.381 e. The third kappa shape index (κ3) is 1.40. The lowest BCUT2D eigenvalue weighted by atomic mass is 10.1. The Hall–Kier alpha value is -0.0800. The van der Waals surface area contributed by atoms with Gasteiger partial charge in [0.25, 0.3) is 0 Å². The Morgan fingerprint density at radius 1 is 1.31 bits per heavy atom. The number of piperidine rings is 1. The maximum Gasteiger partial charge on any atom is 0.0507 e. The second kappa shape index (κ2) is 2.96. The molecule has 1 aliphatic carbocycles. The van der Waals surface area contributed by atoms with Crippen molar-refractivity contribution in [3.05, 3.63) is 0 Å². The fourth-order valence-electron chi connectivity index (χ4n) is 3.15. The van der Waals surface area contributed by atoms with Crippen LogP contribution in [0.1, 0.15) is 13.3 Å². The van der Waals surface area contributed by atoms with Gasteiger partial charge in [-0.1, -0.05) is 6.92 Å². The van der Waals surface area contributed by atoms with Crippen LogP contribution in [-0.4, -0.2) is 37.7 Å². The highest BCUT2D eigenvalue weighted by atomic mass is 16.5. The van der Waals surface area contributed by atoms with Crippen LogP contribution in [0.15, 0.2) is 0 Å². The summed E-state index contributed by atoms with van der Waals surface area (Å²) >= 11 is 0. The van der Waals surface area contributed by atoms with E-state index < -0.39 is 0 Å². The molecule has 2 nitrogen and oxygen atoms in total. The molecule has 2 heteroatoms. The third-order valence-corrected chi connectivity index (χ3v) is 4.24. The van der Waals surface area contributed by atoms with E-state index in [1.54, 1.807) is 0 Å². The smallest absolute Gasteiger partial charge is 0.0507 e. The molecule has 1 saturated carbocycles. The predicted molar refractivity (Wildman–Crippen MR) is 51.5 cm³/mol. The normalized spacial score (nSPS) is 49.6. The number of ether oxygens (including phenoxy) is 1. The number of nitrogens with zero attached hydrogens (tertiary/aromatic N) is 1. The van der Waals surface area contributed by atoms with Crippen molar-refractivity contribution in [3.8, 4) is 0 Å². The first kappa shape index (κ1) is 8.25. The summed E-state index contributed by atoms with van der Waals surface area (Å²) in [6.07, 6.45) is 1.29. The quantitative estimate of drug-likeness (QED) is 0.635. The molecule has 0 aromatic rings. The summed E-state index contributed by atoms with van der Waals surface area (Å²) in [5, 5.41) is 0. The first-order valence-electron chi connectivity index (χ1n) is 5.64. The molecule has 0 spiro atoms. The second-order valence-electron chi connectivity index (χ2n) is 5.13. The topological polar surface area (TPSA) is 12.5 Å². The van der Waals surface area contributed by atoms with E-state index in [9.17, 15) is 0 Å². The van der Waals surface area contributed by atoms with E-state index in [4.69, 9.17) is 4.74 Å². The van der Waals surface area contributed by atoms with Gasteiger partial charge in [0.1, 0.15) is 0 Å². The van der Waals surface area contributed by atoms with Gasteiger partial charge >= 0.3 is 0 Å². The van der Waals surface area contributed by atoms with Gasteiger partial charge in [0.15, 0.2) is 0 Å². The van der Waals surface area contributed by atoms with Gasteiger partial charge in [-0.3, -0.25) is 0 Å². The molecule has 0 amide bonds. The fourth-order valence-corrected chi connectivity index (χ4v) is 3.15. The van der Waals surface area contributed by atoms with Crippen LogP contribution in [0, 0.1) is 23.7 Å². The Labute approximate surface area is 80.2 Å². The summed E-state index contributed by atoms with van der Waals surface area (Å²) in [5.74, 6) is 3.99. The van der Waals surface area contributed by atoms with E-state index in [-0.39, 0.29) is 0 Å². The van der Waals surface area contributed by atoms with Crippen LogP contribution in [-0.2, 0) is 4.74 Å². The number of fused-ring (bicyclic) bond motifs is 1. The van der Waals surface area contributed by atoms with Gasteiger partial charge in [-0.15, -0.1) is 0 Å². The van der Waals surface area contributed by atoms with Gasteiger partial charge in [-0.25, -0.2) is 0 Å². The van der Waals surface area contributed by atoms with E-state index in [0.29, 0.717) is 0 Å². The van der Waals surface area contributed by atoms with Crippen molar-refractivity contribution in [2.45, 2.75) is 13.3 Å². The molecule has 2 saturated heterocycles. The van der Waals surface area contributed by atoms with Crippen molar-refractivity contribution < 1.29 is 4.74 Å². The number of likely N-dealkylation sites (tertiary alicyclic amines) is 1. The Morgan fingerprint density at radius 3 is 2.69 bits per heavy atom. The lowest BCUT2D eigenvalue weighted by Gasteiger charge is -2.21. The minimum atomic E-state index is 0.841. The molecule has 3 atom stereocenters. The molecular weight excluding hydrogens is 162 g/mol. The average Bonchev–Trinajstić information content (AvgIpc) is 2.66. The zero-order valence-corrected chi connectivity index (χ0v) is 8.41. The summed E-state index contributed by atoms with van der Waals surface area (Å²) in [6, 6.07) is 0. The molecule has 0 N–H and O–H groups in total. The summed E-state index contributed by atoms with van der Waals surface area (Å²) < 4.78 is 5.40. The van der Waals surface area contributed by atoms with E-state index in [1.807, 2.05) is 0 Å². The van der Waals surface area contributed by atoms with Crippen molar-refractivity contribution in [1.29, 1.82) is 0 Å². The van der Waals surface area contributed by atoms with E-state index >= 15 is 0 Å². The third-order valence-electron chi connectivity index (χ3n) is 4.24. The predicted octanol–water partition coefficient (Wildman–Crippen LogP) is 1.22. The van der Waals surface area contributed by atoms with Gasteiger partial charge in [0, 0.05) is 26.2 Å². The fraction of sp³-hybridized carbons (Fsp3) is 1.00. The van der Waals surface area contributed by atoms with Crippen LogP contribution in [0.2, 0.25) is 0 Å². The van der Waals surface area contributed by atoms with Crippen molar-refractivity contribution in [3.63, 3.8) is 0 Å². The SMILES string of the molecule is CC1C2CN(CC3CCOC3)CC12. The van der Waals surface area contributed by atoms with Gasteiger partial charge < -0.3 is 9.64 Å². The van der Waals surface area contributed by atoms with Crippen LogP contribution in [0.25, 0.3) is 0 Å². The van der Waals surface area contributed by atoms with Gasteiger partial charge in [-0.05, 0) is 30.1 Å². The van der Waals surface area contributed by atoms with E-state index in [0.717, 1.165) is 36.9 Å². The summed E-state index contributed by atoms with van der Waals surface area (Å²) in [4.78, 5) is 2.66. The highest BCUT2D eigenvalue weighted by molar-refractivity contribution is 5.02. The van der Waals surface area contributed by atoms with Crippen molar-refractivity contribution in [2.24, 2.45) is 23.7 Å². The van der Waals surface area contributed by atoms with Crippen LogP contribution < -0.4 is 0 Å². The largest absolute Gasteiger partial charge is 0.381 e. The molecule has 0 aromatic carbocycles. The molecule has 0 radical (unpaired) electrons. The van der Waals surface area contributed by atoms with Gasteiger partial charge in [0.2, 0.25) is 0 Å². The lowest BCUT2D eigenvalue weighted by molar-refractivity contribution is 0.169. The molecule has 3 aliphatic rings. The zero-order valence-electron chi connectivity index (χ0n) is 8.41. The maximum atomic E-state index is 5.40. The highest BCUT2D eigenvalue weighted by Gasteiger charge is 2.52. The van der Waals surface area contributed by atoms with Crippen LogP contribution >= 0.6 is 0 Å². The lowest BCUT2D eigenvalue weighted by Crippen LogP contribution is -2.30. The summed E-state index contributed by atoms with van der Waals surface area (Å²) in [6.45, 7) is 8.49. The molecule has 3 fully saturated rings. The van der Waals surface area contributed by atoms with Crippen LogP contribution in [0.3, 0.4) is 0 Å². The molecule has 3 rings (SSSR count). The van der Waals surface area contributed by atoms with E-state index in [2.05, 4.69) is 11.8 Å². The zero-order chi connectivity index (χ0) is 8.84. The number of hydrogen-bond donors (Lipinski definition) is 0. The molecule has 74 valence electrons. The molecule has 13 heavy (non-hydrogen) atoms. The average molecular weight is 181 g/mol. The summed E-state index contributed by atoms with van der Waals surface area (Å²) in [5.41, 5.74) is 0. The first-order chi connectivity index (χ1) is 6.34. The monoisotopic (exact) mass is 181 g/mol. The minimum absolute atomic E-state index is 0.841. The number of hydrogen-bond acceptors (Lipinski definition) is 2. The Bertz CT molecular complexity index is 188. The van der Waals surface area contributed by atoms with Crippen molar-refractivity contribution >= 4 is 0 Å². The molecule has 0 bridgehead atoms. The maximum absolute atomic E-state index is 5.40.